The van der Waals surface area contributed by atoms with E-state index in [1.165, 1.54) is 0 Å². The summed E-state index contributed by atoms with van der Waals surface area (Å²) in [5, 5.41) is 4.55. The van der Waals surface area contributed by atoms with E-state index in [-0.39, 0.29) is 6.54 Å². The Kier molecular flexibility index (Phi) is 3.96. The molecule has 0 radical (unpaired) electrons. The van der Waals surface area contributed by atoms with Crippen LogP contribution < -0.4 is 5.73 Å². The molecule has 0 amide bonds. The lowest BCUT2D eigenvalue weighted by molar-refractivity contribution is 0.380. The predicted molar refractivity (Wildman–Crippen MR) is 70.0 cm³/mol. The summed E-state index contributed by atoms with van der Waals surface area (Å²) in [6.45, 7) is 1.03. The van der Waals surface area contributed by atoms with Crippen LogP contribution in [0.25, 0.3) is 11.4 Å². The molecule has 0 spiro atoms. The highest BCUT2D eigenvalue weighted by Gasteiger charge is 2.10. The van der Waals surface area contributed by atoms with E-state index in [1.54, 1.807) is 0 Å². The minimum absolute atomic E-state index is 0.236. The summed E-state index contributed by atoms with van der Waals surface area (Å²) in [4.78, 5) is 6.22. The number of hydrogen-bond donors (Lipinski definition) is 1. The quantitative estimate of drug-likeness (QED) is 0.916. The zero-order chi connectivity index (χ0) is 13.1. The van der Waals surface area contributed by atoms with Crippen LogP contribution in [0, 0.1) is 0 Å². The molecule has 0 bridgehead atoms. The fourth-order valence-corrected chi connectivity index (χ4v) is 1.85. The Morgan fingerprint density at radius 3 is 2.72 bits per heavy atom. The Hall–Kier alpha value is -1.43. The van der Waals surface area contributed by atoms with Crippen LogP contribution in [0.4, 0.5) is 0 Å². The molecule has 96 valence electrons. The first-order chi connectivity index (χ1) is 8.60. The molecule has 0 aliphatic rings. The maximum absolute atomic E-state index is 6.23. The van der Waals surface area contributed by atoms with Crippen molar-refractivity contribution in [1.82, 2.24) is 15.0 Å². The molecule has 0 aliphatic carbocycles. The lowest BCUT2D eigenvalue weighted by Gasteiger charge is -2.11. The molecular weight excluding hydrogens is 252 g/mol. The molecule has 1 heterocycles. The third-order valence-corrected chi connectivity index (χ3v) is 2.79. The summed E-state index contributed by atoms with van der Waals surface area (Å²) < 4.78 is 4.97. The average molecular weight is 267 g/mol. The van der Waals surface area contributed by atoms with Crippen LogP contribution in [-0.2, 0) is 13.1 Å². The maximum atomic E-state index is 6.23. The van der Waals surface area contributed by atoms with Gasteiger partial charge in [-0.05, 0) is 25.7 Å². The van der Waals surface area contributed by atoms with Crippen molar-refractivity contribution in [3.63, 3.8) is 0 Å². The number of halogens is 1. The Balaban J connectivity index is 2.28. The van der Waals surface area contributed by atoms with Crippen LogP contribution in [0.3, 0.4) is 0 Å². The zero-order valence-electron chi connectivity index (χ0n) is 10.4. The molecule has 1 aromatic heterocycles. The molecule has 2 rings (SSSR count). The van der Waals surface area contributed by atoms with Crippen molar-refractivity contribution in [3.05, 3.63) is 34.7 Å². The van der Waals surface area contributed by atoms with Gasteiger partial charge >= 0.3 is 0 Å². The fraction of sp³-hybridized carbons (Fsp3) is 0.333. The molecule has 5 nitrogen and oxygen atoms in total. The van der Waals surface area contributed by atoms with Crippen molar-refractivity contribution in [3.8, 4) is 11.4 Å². The van der Waals surface area contributed by atoms with Gasteiger partial charge in [-0.3, -0.25) is 0 Å². The van der Waals surface area contributed by atoms with Gasteiger partial charge in [0.15, 0.2) is 0 Å². The van der Waals surface area contributed by atoms with E-state index < -0.39 is 0 Å². The number of nitrogens with zero attached hydrogens (tertiary/aromatic N) is 3. The van der Waals surface area contributed by atoms with Gasteiger partial charge in [-0.2, -0.15) is 4.98 Å². The monoisotopic (exact) mass is 266 g/mol. The molecule has 0 saturated heterocycles. The standard InChI is InChI=1S/C12H15ClN4O/c1-17(2)7-9-4-3-8(5-10(9)13)12-15-11(6-14)18-16-12/h3-5H,6-7,14H2,1-2H3. The first kappa shape index (κ1) is 13.0. The SMILES string of the molecule is CN(C)Cc1ccc(-c2noc(CN)n2)cc1Cl. The van der Waals surface area contributed by atoms with Crippen molar-refractivity contribution < 1.29 is 4.52 Å². The molecule has 2 N–H and O–H groups in total. The van der Waals surface area contributed by atoms with Crippen molar-refractivity contribution in [2.75, 3.05) is 14.1 Å². The van der Waals surface area contributed by atoms with Crippen LogP contribution in [0.2, 0.25) is 5.02 Å². The summed E-state index contributed by atoms with van der Waals surface area (Å²) in [7, 11) is 3.99. The smallest absolute Gasteiger partial charge is 0.240 e. The van der Waals surface area contributed by atoms with Gasteiger partial charge in [0.2, 0.25) is 11.7 Å². The van der Waals surface area contributed by atoms with Gasteiger partial charge in [-0.25, -0.2) is 0 Å². The number of aromatic nitrogens is 2. The van der Waals surface area contributed by atoms with Crippen molar-refractivity contribution in [2.45, 2.75) is 13.1 Å². The van der Waals surface area contributed by atoms with E-state index >= 15 is 0 Å². The molecule has 0 aliphatic heterocycles. The Labute approximate surface area is 111 Å². The summed E-state index contributed by atoms with van der Waals surface area (Å²) in [5.41, 5.74) is 7.31. The van der Waals surface area contributed by atoms with Crippen molar-refractivity contribution in [2.24, 2.45) is 5.73 Å². The lowest BCUT2D eigenvalue weighted by atomic mass is 10.1. The normalized spacial score (nSPS) is 11.2. The lowest BCUT2D eigenvalue weighted by Crippen LogP contribution is -2.10. The number of rotatable bonds is 4. The number of hydrogen-bond acceptors (Lipinski definition) is 5. The molecule has 0 fully saturated rings. The molecule has 2 aromatic rings. The van der Waals surface area contributed by atoms with Crippen molar-refractivity contribution in [1.29, 1.82) is 0 Å². The fourth-order valence-electron chi connectivity index (χ4n) is 1.61. The second-order valence-corrected chi connectivity index (χ2v) is 4.67. The largest absolute Gasteiger partial charge is 0.338 e. The van der Waals surface area contributed by atoms with Gasteiger partial charge in [-0.1, -0.05) is 28.9 Å². The van der Waals surface area contributed by atoms with E-state index in [0.717, 1.165) is 17.7 Å². The Bertz CT molecular complexity index is 539. The Morgan fingerprint density at radius 1 is 1.39 bits per heavy atom. The third kappa shape index (κ3) is 2.87. The van der Waals surface area contributed by atoms with E-state index in [0.29, 0.717) is 16.7 Å². The van der Waals surface area contributed by atoms with Crippen LogP contribution in [-0.4, -0.2) is 29.1 Å². The molecular formula is C12H15ClN4O. The minimum Gasteiger partial charge on any atom is -0.338 e. The second-order valence-electron chi connectivity index (χ2n) is 4.26. The molecule has 0 unspecified atom stereocenters. The van der Waals surface area contributed by atoms with E-state index in [1.807, 2.05) is 32.3 Å². The van der Waals surface area contributed by atoms with E-state index in [2.05, 4.69) is 15.0 Å². The van der Waals surface area contributed by atoms with Crippen molar-refractivity contribution >= 4 is 11.6 Å². The average Bonchev–Trinajstić information content (AvgIpc) is 2.80. The van der Waals surface area contributed by atoms with Crippen LogP contribution in [0.5, 0.6) is 0 Å². The highest BCUT2D eigenvalue weighted by atomic mass is 35.5. The van der Waals surface area contributed by atoms with Gasteiger partial charge in [0.25, 0.3) is 0 Å². The van der Waals surface area contributed by atoms with E-state index in [9.17, 15) is 0 Å². The first-order valence-corrected chi connectivity index (χ1v) is 5.94. The van der Waals surface area contributed by atoms with Gasteiger partial charge in [0, 0.05) is 17.1 Å². The third-order valence-electron chi connectivity index (χ3n) is 2.44. The summed E-state index contributed by atoms with van der Waals surface area (Å²) >= 11 is 6.23. The van der Waals surface area contributed by atoms with Gasteiger partial charge in [-0.15, -0.1) is 0 Å². The molecule has 18 heavy (non-hydrogen) atoms. The van der Waals surface area contributed by atoms with Crippen LogP contribution in [0.15, 0.2) is 22.7 Å². The molecule has 0 atom stereocenters. The van der Waals surface area contributed by atoms with Gasteiger partial charge in [0.05, 0.1) is 6.54 Å². The summed E-state index contributed by atoms with van der Waals surface area (Å²) in [6.07, 6.45) is 0. The molecule has 6 heteroatoms. The first-order valence-electron chi connectivity index (χ1n) is 5.56. The minimum atomic E-state index is 0.236. The summed E-state index contributed by atoms with van der Waals surface area (Å²) in [5.74, 6) is 0.923. The van der Waals surface area contributed by atoms with Crippen LogP contribution >= 0.6 is 11.6 Å². The van der Waals surface area contributed by atoms with E-state index in [4.69, 9.17) is 21.9 Å². The Morgan fingerprint density at radius 2 is 2.17 bits per heavy atom. The topological polar surface area (TPSA) is 68.2 Å². The van der Waals surface area contributed by atoms with Gasteiger partial charge < -0.3 is 15.2 Å². The number of nitrogens with two attached hydrogens (primary N) is 1. The second kappa shape index (κ2) is 5.48. The summed E-state index contributed by atoms with van der Waals surface area (Å²) in [6, 6.07) is 5.73. The maximum Gasteiger partial charge on any atom is 0.240 e. The van der Waals surface area contributed by atoms with Gasteiger partial charge in [0.1, 0.15) is 0 Å². The zero-order valence-corrected chi connectivity index (χ0v) is 11.1. The highest BCUT2D eigenvalue weighted by Crippen LogP contribution is 2.24. The molecule has 0 saturated carbocycles. The molecule has 1 aromatic carbocycles. The van der Waals surface area contributed by atoms with Crippen LogP contribution in [0.1, 0.15) is 11.5 Å². The highest BCUT2D eigenvalue weighted by molar-refractivity contribution is 6.31. The number of benzene rings is 1. The predicted octanol–water partition coefficient (Wildman–Crippen LogP) is 1.91.